The first-order chi connectivity index (χ1) is 9.44. The predicted molar refractivity (Wildman–Crippen MR) is 81.2 cm³/mol. The Morgan fingerprint density at radius 1 is 1.55 bits per heavy atom. The van der Waals surface area contributed by atoms with E-state index >= 15 is 0 Å². The molecule has 0 spiro atoms. The van der Waals surface area contributed by atoms with Crippen LogP contribution in [0, 0.1) is 12.8 Å². The maximum atomic E-state index is 11.7. The van der Waals surface area contributed by atoms with Crippen molar-refractivity contribution >= 4 is 15.7 Å². The zero-order chi connectivity index (χ0) is 14.8. The molecule has 2 atom stereocenters. The van der Waals surface area contributed by atoms with Crippen LogP contribution in [0.15, 0.2) is 12.3 Å². The van der Waals surface area contributed by atoms with E-state index in [2.05, 4.69) is 17.2 Å². The van der Waals surface area contributed by atoms with Crippen molar-refractivity contribution in [3.63, 3.8) is 0 Å². The number of aryl methyl sites for hydroxylation is 1. The van der Waals surface area contributed by atoms with Crippen molar-refractivity contribution in [3.05, 3.63) is 23.4 Å². The molecule has 1 aliphatic heterocycles. The van der Waals surface area contributed by atoms with Crippen LogP contribution in [-0.4, -0.2) is 31.5 Å². The van der Waals surface area contributed by atoms with Gasteiger partial charge in [-0.05, 0) is 43.9 Å². The van der Waals surface area contributed by atoms with Gasteiger partial charge in [-0.2, -0.15) is 0 Å². The summed E-state index contributed by atoms with van der Waals surface area (Å²) in [5, 5.41) is 3.46. The van der Waals surface area contributed by atoms with E-state index in [4.69, 9.17) is 5.73 Å². The Balaban J connectivity index is 2.33. The molecular weight excluding hydrogens is 274 g/mol. The van der Waals surface area contributed by atoms with Gasteiger partial charge in [-0.25, -0.2) is 13.4 Å². The number of nitrogens with one attached hydrogen (secondary N) is 1. The zero-order valence-corrected chi connectivity index (χ0v) is 12.9. The Morgan fingerprint density at radius 2 is 2.30 bits per heavy atom. The molecule has 1 aromatic rings. The first-order valence-electron chi connectivity index (χ1n) is 7.09. The summed E-state index contributed by atoms with van der Waals surface area (Å²) in [4.78, 5) is 4.17. The quantitative estimate of drug-likeness (QED) is 0.859. The van der Waals surface area contributed by atoms with Gasteiger partial charge in [-0.1, -0.05) is 6.92 Å². The van der Waals surface area contributed by atoms with Crippen LogP contribution >= 0.6 is 0 Å². The smallest absolute Gasteiger partial charge is 0.150 e. The van der Waals surface area contributed by atoms with Crippen molar-refractivity contribution in [3.8, 4) is 0 Å². The second-order valence-corrected chi connectivity index (χ2v) is 7.75. The van der Waals surface area contributed by atoms with Crippen LogP contribution in [0.1, 0.15) is 36.9 Å². The normalized spacial score (nSPS) is 22.8. The maximum absolute atomic E-state index is 11.7. The SMILES string of the molecule is CCCNC(c1c(C)ccnc1N)C1CCS(=O)(=O)C1. The number of anilines is 1. The third-order valence-corrected chi connectivity index (χ3v) is 5.70. The molecule has 0 aromatic carbocycles. The first kappa shape index (κ1) is 15.3. The number of rotatable bonds is 5. The van der Waals surface area contributed by atoms with Crippen molar-refractivity contribution in [2.75, 3.05) is 23.8 Å². The van der Waals surface area contributed by atoms with Crippen LogP contribution in [0.2, 0.25) is 0 Å². The summed E-state index contributed by atoms with van der Waals surface area (Å²) in [6.45, 7) is 4.93. The molecule has 0 bridgehead atoms. The third-order valence-electron chi connectivity index (χ3n) is 3.90. The fraction of sp³-hybridized carbons (Fsp3) is 0.643. The van der Waals surface area contributed by atoms with Crippen LogP contribution in [0.25, 0.3) is 0 Å². The van der Waals surface area contributed by atoms with E-state index < -0.39 is 9.84 Å². The molecule has 2 rings (SSSR count). The van der Waals surface area contributed by atoms with Crippen LogP contribution in [0.4, 0.5) is 5.82 Å². The summed E-state index contributed by atoms with van der Waals surface area (Å²) in [5.41, 5.74) is 8.06. The molecule has 1 aromatic heterocycles. The van der Waals surface area contributed by atoms with Crippen molar-refractivity contribution in [2.45, 2.75) is 32.7 Å². The summed E-state index contributed by atoms with van der Waals surface area (Å²) in [7, 11) is -2.90. The fourth-order valence-electron chi connectivity index (χ4n) is 2.89. The molecule has 6 heteroatoms. The summed E-state index contributed by atoms with van der Waals surface area (Å²) in [6.07, 6.45) is 3.38. The highest BCUT2D eigenvalue weighted by molar-refractivity contribution is 7.91. The highest BCUT2D eigenvalue weighted by Gasteiger charge is 2.35. The number of sulfone groups is 1. The minimum absolute atomic E-state index is 0.0269. The van der Waals surface area contributed by atoms with Crippen LogP contribution in [0.3, 0.4) is 0 Å². The number of nitrogens with two attached hydrogens (primary N) is 1. The monoisotopic (exact) mass is 297 g/mol. The van der Waals surface area contributed by atoms with E-state index in [1.165, 1.54) is 0 Å². The second-order valence-electron chi connectivity index (χ2n) is 5.52. The Labute approximate surface area is 120 Å². The van der Waals surface area contributed by atoms with Gasteiger partial charge in [0.25, 0.3) is 0 Å². The van der Waals surface area contributed by atoms with Gasteiger partial charge in [0.1, 0.15) is 5.82 Å². The van der Waals surface area contributed by atoms with Crippen LogP contribution in [-0.2, 0) is 9.84 Å². The number of hydrogen-bond donors (Lipinski definition) is 2. The number of nitrogen functional groups attached to an aromatic ring is 1. The molecule has 1 saturated heterocycles. The Morgan fingerprint density at radius 3 is 2.85 bits per heavy atom. The standard InChI is InChI=1S/C14H23N3O2S/c1-3-6-16-13(11-5-8-20(18,19)9-11)12-10(2)4-7-17-14(12)15/h4,7,11,13,16H,3,5-6,8-9H2,1-2H3,(H2,15,17). The van der Waals surface area contributed by atoms with Crippen molar-refractivity contribution in [2.24, 2.45) is 5.92 Å². The molecule has 112 valence electrons. The van der Waals surface area contributed by atoms with Crippen molar-refractivity contribution in [1.29, 1.82) is 0 Å². The Kier molecular flexibility index (Phi) is 4.65. The predicted octanol–water partition coefficient (Wildman–Crippen LogP) is 1.45. The van der Waals surface area contributed by atoms with E-state index in [0.717, 1.165) is 24.1 Å². The number of nitrogens with zero attached hydrogens (tertiary/aromatic N) is 1. The molecule has 1 fully saturated rings. The number of aromatic nitrogens is 1. The lowest BCUT2D eigenvalue weighted by Crippen LogP contribution is -2.31. The molecule has 1 aliphatic rings. The van der Waals surface area contributed by atoms with Gasteiger partial charge in [0.2, 0.25) is 0 Å². The molecule has 0 saturated carbocycles. The van der Waals surface area contributed by atoms with Gasteiger partial charge in [0, 0.05) is 17.8 Å². The molecule has 2 unspecified atom stereocenters. The highest BCUT2D eigenvalue weighted by atomic mass is 32.2. The van der Waals surface area contributed by atoms with Gasteiger partial charge in [0.15, 0.2) is 9.84 Å². The zero-order valence-electron chi connectivity index (χ0n) is 12.1. The molecule has 2 heterocycles. The Hall–Kier alpha value is -1.14. The van der Waals surface area contributed by atoms with E-state index in [1.54, 1.807) is 6.20 Å². The summed E-state index contributed by atoms with van der Waals surface area (Å²) >= 11 is 0. The molecule has 0 amide bonds. The lowest BCUT2D eigenvalue weighted by Gasteiger charge is -2.26. The van der Waals surface area contributed by atoms with Gasteiger partial charge >= 0.3 is 0 Å². The molecule has 20 heavy (non-hydrogen) atoms. The van der Waals surface area contributed by atoms with E-state index in [9.17, 15) is 8.42 Å². The lowest BCUT2D eigenvalue weighted by atomic mass is 9.90. The minimum Gasteiger partial charge on any atom is -0.383 e. The Bertz CT molecular complexity index is 552. The maximum Gasteiger partial charge on any atom is 0.150 e. The van der Waals surface area contributed by atoms with E-state index in [0.29, 0.717) is 12.2 Å². The second kappa shape index (κ2) is 6.10. The lowest BCUT2D eigenvalue weighted by molar-refractivity contribution is 0.392. The minimum atomic E-state index is -2.90. The van der Waals surface area contributed by atoms with Crippen LogP contribution < -0.4 is 11.1 Å². The first-order valence-corrected chi connectivity index (χ1v) is 8.91. The van der Waals surface area contributed by atoms with Gasteiger partial charge in [-0.3, -0.25) is 0 Å². The van der Waals surface area contributed by atoms with Gasteiger partial charge in [-0.15, -0.1) is 0 Å². The highest BCUT2D eigenvalue weighted by Crippen LogP contribution is 2.35. The summed E-state index contributed by atoms with van der Waals surface area (Å²) < 4.78 is 23.5. The fourth-order valence-corrected chi connectivity index (χ4v) is 4.73. The number of pyridine rings is 1. The van der Waals surface area contributed by atoms with Crippen molar-refractivity contribution < 1.29 is 8.42 Å². The average molecular weight is 297 g/mol. The average Bonchev–Trinajstić information content (AvgIpc) is 2.73. The van der Waals surface area contributed by atoms with E-state index in [-0.39, 0.29) is 23.5 Å². The topological polar surface area (TPSA) is 85.1 Å². The summed E-state index contributed by atoms with van der Waals surface area (Å²) in [6, 6.07) is 1.90. The van der Waals surface area contributed by atoms with E-state index in [1.807, 2.05) is 13.0 Å². The molecule has 0 radical (unpaired) electrons. The van der Waals surface area contributed by atoms with Crippen molar-refractivity contribution in [1.82, 2.24) is 10.3 Å². The summed E-state index contributed by atoms with van der Waals surface area (Å²) in [5.74, 6) is 1.10. The van der Waals surface area contributed by atoms with Gasteiger partial charge in [0.05, 0.1) is 11.5 Å². The largest absolute Gasteiger partial charge is 0.383 e. The molecule has 0 aliphatic carbocycles. The van der Waals surface area contributed by atoms with Gasteiger partial charge < -0.3 is 11.1 Å². The van der Waals surface area contributed by atoms with Crippen LogP contribution in [0.5, 0.6) is 0 Å². The number of hydrogen-bond acceptors (Lipinski definition) is 5. The third kappa shape index (κ3) is 3.30. The molecule has 5 nitrogen and oxygen atoms in total. The molecular formula is C14H23N3O2S. The molecule has 3 N–H and O–H groups in total.